The van der Waals surface area contributed by atoms with Crippen molar-refractivity contribution in [2.24, 2.45) is 0 Å². The first kappa shape index (κ1) is 19.4. The van der Waals surface area contributed by atoms with Crippen molar-refractivity contribution in [3.8, 4) is 0 Å². The number of anilines is 1. The van der Waals surface area contributed by atoms with Gasteiger partial charge >= 0.3 is 0 Å². The molecule has 150 valence electrons. The molecule has 4 rings (SSSR count). The maximum absolute atomic E-state index is 4.28. The first-order valence-electron chi connectivity index (χ1n) is 11.0. The van der Waals surface area contributed by atoms with E-state index in [4.69, 9.17) is 0 Å². The van der Waals surface area contributed by atoms with Gasteiger partial charge in [0.05, 0.1) is 0 Å². The van der Waals surface area contributed by atoms with Crippen LogP contribution >= 0.6 is 0 Å². The van der Waals surface area contributed by atoms with E-state index in [-0.39, 0.29) is 0 Å². The Morgan fingerprint density at radius 2 is 1.89 bits per heavy atom. The average molecular weight is 379 g/mol. The molecule has 0 bridgehead atoms. The molecule has 28 heavy (non-hydrogen) atoms. The Hall–Kier alpha value is -1.91. The van der Waals surface area contributed by atoms with E-state index in [1.807, 2.05) is 18.5 Å². The van der Waals surface area contributed by atoms with E-state index < -0.39 is 0 Å². The van der Waals surface area contributed by atoms with Crippen LogP contribution in [-0.4, -0.2) is 48.1 Å². The second-order valence-electron chi connectivity index (χ2n) is 8.56. The van der Waals surface area contributed by atoms with E-state index in [1.54, 1.807) is 0 Å². The normalized spacial score (nSPS) is 22.2. The van der Waals surface area contributed by atoms with E-state index >= 15 is 0 Å². The molecule has 2 saturated heterocycles. The van der Waals surface area contributed by atoms with E-state index in [2.05, 4.69) is 57.4 Å². The molecule has 0 amide bonds. The summed E-state index contributed by atoms with van der Waals surface area (Å²) in [5.74, 6) is 0. The number of aryl methyl sites for hydroxylation is 1. The molecule has 2 fully saturated rings. The van der Waals surface area contributed by atoms with E-state index in [0.29, 0.717) is 12.1 Å². The fourth-order valence-electron chi connectivity index (χ4n) is 4.71. The molecule has 4 heteroatoms. The summed E-state index contributed by atoms with van der Waals surface area (Å²) in [4.78, 5) is 9.44. The van der Waals surface area contributed by atoms with E-state index in [9.17, 15) is 0 Å². The lowest BCUT2D eigenvalue weighted by atomic mass is 10.0. The van der Waals surface area contributed by atoms with Crippen molar-refractivity contribution in [2.45, 2.75) is 57.7 Å². The van der Waals surface area contributed by atoms with Crippen LogP contribution in [0.3, 0.4) is 0 Å². The molecular formula is C24H34N4. The summed E-state index contributed by atoms with van der Waals surface area (Å²) < 4.78 is 0. The van der Waals surface area contributed by atoms with Crippen molar-refractivity contribution in [2.75, 3.05) is 31.1 Å². The SMILES string of the molecule is Cc1cccc(N2CCC(N[C@H]3CCCCN(Cc4cccnc4)C3)CC2)c1. The van der Waals surface area contributed by atoms with Gasteiger partial charge < -0.3 is 10.2 Å². The Morgan fingerprint density at radius 3 is 2.68 bits per heavy atom. The standard InChI is InChI=1S/C24H34N4/c1-20-6-4-9-24(16-20)28-14-10-22(11-15-28)26-23-8-2-3-13-27(19-23)18-21-7-5-12-25-17-21/h4-7,9,12,16-17,22-23,26H,2-3,8,10-11,13-15,18-19H2,1H3/t23-/m0/s1. The molecule has 2 aliphatic rings. The van der Waals surface area contributed by atoms with Gasteiger partial charge in [0, 0.05) is 56.3 Å². The Balaban J connectivity index is 1.28. The summed E-state index contributed by atoms with van der Waals surface area (Å²) in [6, 6.07) is 14.4. The van der Waals surface area contributed by atoms with Crippen LogP contribution in [-0.2, 0) is 6.54 Å². The minimum atomic E-state index is 0.620. The molecule has 1 atom stereocenters. The zero-order valence-corrected chi connectivity index (χ0v) is 17.2. The van der Waals surface area contributed by atoms with E-state index in [1.165, 1.54) is 55.5 Å². The van der Waals surface area contributed by atoms with Gasteiger partial charge in [-0.15, -0.1) is 0 Å². The third-order valence-electron chi connectivity index (χ3n) is 6.22. The number of benzene rings is 1. The highest BCUT2D eigenvalue weighted by atomic mass is 15.2. The lowest BCUT2D eigenvalue weighted by molar-refractivity contribution is 0.236. The largest absolute Gasteiger partial charge is 0.371 e. The second kappa shape index (κ2) is 9.53. The fraction of sp³-hybridized carbons (Fsp3) is 0.542. The topological polar surface area (TPSA) is 31.4 Å². The second-order valence-corrected chi connectivity index (χ2v) is 8.56. The Morgan fingerprint density at radius 1 is 1.00 bits per heavy atom. The average Bonchev–Trinajstić information content (AvgIpc) is 2.94. The van der Waals surface area contributed by atoms with Crippen LogP contribution < -0.4 is 10.2 Å². The van der Waals surface area contributed by atoms with Crippen molar-refractivity contribution in [3.63, 3.8) is 0 Å². The molecule has 2 aliphatic heterocycles. The van der Waals surface area contributed by atoms with Gasteiger partial charge in [0.1, 0.15) is 0 Å². The summed E-state index contributed by atoms with van der Waals surface area (Å²) >= 11 is 0. The van der Waals surface area contributed by atoms with Gasteiger partial charge in [-0.2, -0.15) is 0 Å². The number of rotatable bonds is 5. The summed E-state index contributed by atoms with van der Waals surface area (Å²) in [6.07, 6.45) is 10.3. The number of piperidine rings is 1. The van der Waals surface area contributed by atoms with Gasteiger partial charge in [0.15, 0.2) is 0 Å². The fourth-order valence-corrected chi connectivity index (χ4v) is 4.71. The maximum Gasteiger partial charge on any atom is 0.0368 e. The molecule has 1 aromatic carbocycles. The number of hydrogen-bond acceptors (Lipinski definition) is 4. The van der Waals surface area contributed by atoms with Gasteiger partial charge in [-0.25, -0.2) is 0 Å². The molecule has 1 N–H and O–H groups in total. The number of hydrogen-bond donors (Lipinski definition) is 1. The lowest BCUT2D eigenvalue weighted by Crippen LogP contribution is -2.49. The third kappa shape index (κ3) is 5.33. The van der Waals surface area contributed by atoms with E-state index in [0.717, 1.165) is 26.2 Å². The minimum absolute atomic E-state index is 0.620. The maximum atomic E-state index is 4.28. The molecule has 1 aromatic heterocycles. The van der Waals surface area contributed by atoms with Gasteiger partial charge in [-0.1, -0.05) is 24.6 Å². The number of pyridine rings is 1. The molecule has 2 aromatic rings. The number of likely N-dealkylation sites (tertiary alicyclic amines) is 1. The Bertz CT molecular complexity index is 724. The number of nitrogens with zero attached hydrogens (tertiary/aromatic N) is 3. The lowest BCUT2D eigenvalue weighted by Gasteiger charge is -2.36. The highest BCUT2D eigenvalue weighted by molar-refractivity contribution is 5.48. The summed E-state index contributed by atoms with van der Waals surface area (Å²) in [6.45, 7) is 7.89. The van der Waals surface area contributed by atoms with Crippen molar-refractivity contribution < 1.29 is 0 Å². The van der Waals surface area contributed by atoms with Gasteiger partial charge in [0.25, 0.3) is 0 Å². The van der Waals surface area contributed by atoms with Crippen LogP contribution in [0.25, 0.3) is 0 Å². The predicted molar refractivity (Wildman–Crippen MR) is 117 cm³/mol. The molecular weight excluding hydrogens is 344 g/mol. The van der Waals surface area contributed by atoms with Gasteiger partial charge in [-0.3, -0.25) is 9.88 Å². The first-order chi connectivity index (χ1) is 13.8. The third-order valence-corrected chi connectivity index (χ3v) is 6.22. The monoisotopic (exact) mass is 378 g/mol. The number of aromatic nitrogens is 1. The smallest absolute Gasteiger partial charge is 0.0368 e. The van der Waals surface area contributed by atoms with Crippen LogP contribution in [0.2, 0.25) is 0 Å². The van der Waals surface area contributed by atoms with Crippen LogP contribution in [0, 0.1) is 6.92 Å². The quantitative estimate of drug-likeness (QED) is 0.852. The highest BCUT2D eigenvalue weighted by Crippen LogP contribution is 2.22. The molecule has 0 unspecified atom stereocenters. The first-order valence-corrected chi connectivity index (χ1v) is 11.0. The highest BCUT2D eigenvalue weighted by Gasteiger charge is 2.24. The molecule has 3 heterocycles. The van der Waals surface area contributed by atoms with Crippen molar-refractivity contribution >= 4 is 5.69 Å². The van der Waals surface area contributed by atoms with Crippen molar-refractivity contribution in [1.82, 2.24) is 15.2 Å². The molecule has 0 radical (unpaired) electrons. The minimum Gasteiger partial charge on any atom is -0.371 e. The molecule has 0 saturated carbocycles. The number of nitrogens with one attached hydrogen (secondary N) is 1. The van der Waals surface area contributed by atoms with Crippen LogP contribution in [0.4, 0.5) is 5.69 Å². The van der Waals surface area contributed by atoms with Crippen LogP contribution in [0.1, 0.15) is 43.2 Å². The Labute approximate surface area is 170 Å². The zero-order valence-electron chi connectivity index (χ0n) is 17.2. The van der Waals surface area contributed by atoms with Crippen molar-refractivity contribution in [3.05, 3.63) is 59.9 Å². The molecule has 0 spiro atoms. The zero-order chi connectivity index (χ0) is 19.2. The summed E-state index contributed by atoms with van der Waals surface area (Å²) in [5, 5.41) is 4.01. The Kier molecular flexibility index (Phi) is 6.61. The molecule has 0 aliphatic carbocycles. The summed E-state index contributed by atoms with van der Waals surface area (Å²) in [7, 11) is 0. The van der Waals surface area contributed by atoms with Crippen LogP contribution in [0.15, 0.2) is 48.8 Å². The molecule has 4 nitrogen and oxygen atoms in total. The van der Waals surface area contributed by atoms with Gasteiger partial charge in [-0.05, 0) is 68.5 Å². The van der Waals surface area contributed by atoms with Crippen LogP contribution in [0.5, 0.6) is 0 Å². The van der Waals surface area contributed by atoms with Crippen molar-refractivity contribution in [1.29, 1.82) is 0 Å². The predicted octanol–water partition coefficient (Wildman–Crippen LogP) is 4.00. The van der Waals surface area contributed by atoms with Gasteiger partial charge in [0.2, 0.25) is 0 Å². The summed E-state index contributed by atoms with van der Waals surface area (Å²) in [5.41, 5.74) is 4.06.